The van der Waals surface area contributed by atoms with Crippen LogP contribution in [-0.4, -0.2) is 5.78 Å². The van der Waals surface area contributed by atoms with E-state index in [1.54, 1.807) is 20.8 Å². The first-order valence-corrected chi connectivity index (χ1v) is 4.53. The highest BCUT2D eigenvalue weighted by molar-refractivity contribution is 6.03. The number of hydrogen-bond acceptors (Lipinski definition) is 2. The summed E-state index contributed by atoms with van der Waals surface area (Å²) < 4.78 is 25.7. The first kappa shape index (κ1) is 11.6. The number of nitrogen functional groups attached to an aromatic ring is 1. The standard InChI is InChI=1S/C11H13F2NO/c1-11(2,3)10(15)6-4-7(12)8(13)5-9(6)14/h4-5H,14H2,1-3H3. The zero-order valence-corrected chi connectivity index (χ0v) is 8.90. The van der Waals surface area contributed by atoms with Gasteiger partial charge in [0.1, 0.15) is 0 Å². The van der Waals surface area contributed by atoms with Crippen molar-refractivity contribution in [1.29, 1.82) is 0 Å². The minimum absolute atomic E-state index is 0.0291. The van der Waals surface area contributed by atoms with E-state index in [0.717, 1.165) is 12.1 Å². The summed E-state index contributed by atoms with van der Waals surface area (Å²) >= 11 is 0. The van der Waals surface area contributed by atoms with Crippen molar-refractivity contribution in [2.24, 2.45) is 5.41 Å². The molecule has 0 spiro atoms. The fraction of sp³-hybridized carbons (Fsp3) is 0.364. The Hall–Kier alpha value is -1.45. The van der Waals surface area contributed by atoms with Gasteiger partial charge in [-0.05, 0) is 6.07 Å². The molecule has 15 heavy (non-hydrogen) atoms. The van der Waals surface area contributed by atoms with Crippen LogP contribution in [-0.2, 0) is 0 Å². The lowest BCUT2D eigenvalue weighted by Gasteiger charge is -2.17. The van der Waals surface area contributed by atoms with E-state index in [1.807, 2.05) is 0 Å². The van der Waals surface area contributed by atoms with E-state index >= 15 is 0 Å². The van der Waals surface area contributed by atoms with Gasteiger partial charge in [-0.15, -0.1) is 0 Å². The monoisotopic (exact) mass is 213 g/mol. The summed E-state index contributed by atoms with van der Waals surface area (Å²) in [5.74, 6) is -2.41. The largest absolute Gasteiger partial charge is 0.398 e. The minimum atomic E-state index is -1.06. The predicted octanol–water partition coefficient (Wildman–Crippen LogP) is 2.78. The maximum absolute atomic E-state index is 12.9. The Balaban J connectivity index is 3.28. The van der Waals surface area contributed by atoms with Crippen molar-refractivity contribution >= 4 is 11.5 Å². The van der Waals surface area contributed by atoms with Crippen molar-refractivity contribution in [3.8, 4) is 0 Å². The molecule has 0 aromatic heterocycles. The molecule has 0 aliphatic rings. The third kappa shape index (κ3) is 2.32. The Labute approximate surface area is 87.1 Å². The summed E-state index contributed by atoms with van der Waals surface area (Å²) in [6.07, 6.45) is 0. The summed E-state index contributed by atoms with van der Waals surface area (Å²) in [7, 11) is 0. The molecule has 0 saturated carbocycles. The van der Waals surface area contributed by atoms with Gasteiger partial charge in [0.2, 0.25) is 0 Å². The number of ketones is 1. The number of rotatable bonds is 1. The summed E-state index contributed by atoms with van der Waals surface area (Å²) in [6, 6.07) is 1.67. The van der Waals surface area contributed by atoms with Gasteiger partial charge in [0.05, 0.1) is 0 Å². The van der Waals surface area contributed by atoms with Crippen molar-refractivity contribution in [2.45, 2.75) is 20.8 Å². The van der Waals surface area contributed by atoms with E-state index in [1.165, 1.54) is 0 Å². The van der Waals surface area contributed by atoms with Crippen LogP contribution in [0.3, 0.4) is 0 Å². The zero-order chi connectivity index (χ0) is 11.8. The Bertz CT molecular complexity index is 408. The van der Waals surface area contributed by atoms with E-state index < -0.39 is 17.0 Å². The molecule has 1 aromatic rings. The second-order valence-corrected chi connectivity index (χ2v) is 4.43. The van der Waals surface area contributed by atoms with E-state index in [2.05, 4.69) is 0 Å². The first-order chi connectivity index (χ1) is 6.73. The number of nitrogens with two attached hydrogens (primary N) is 1. The van der Waals surface area contributed by atoms with Crippen molar-refractivity contribution in [3.05, 3.63) is 29.3 Å². The average molecular weight is 213 g/mol. The number of carbonyl (C=O) groups is 1. The minimum Gasteiger partial charge on any atom is -0.398 e. The van der Waals surface area contributed by atoms with Gasteiger partial charge in [-0.3, -0.25) is 4.79 Å². The molecule has 1 rings (SSSR count). The van der Waals surface area contributed by atoms with Crippen LogP contribution in [0.4, 0.5) is 14.5 Å². The SMILES string of the molecule is CC(C)(C)C(=O)c1cc(F)c(F)cc1N. The molecule has 2 N–H and O–H groups in total. The van der Waals surface area contributed by atoms with Crippen LogP contribution in [0, 0.1) is 17.0 Å². The summed E-state index contributed by atoms with van der Waals surface area (Å²) in [5.41, 5.74) is 4.79. The molecule has 1 aromatic carbocycles. The normalized spacial score (nSPS) is 11.5. The fourth-order valence-corrected chi connectivity index (χ4v) is 1.16. The van der Waals surface area contributed by atoms with E-state index in [4.69, 9.17) is 5.73 Å². The Kier molecular flexibility index (Phi) is 2.79. The highest BCUT2D eigenvalue weighted by Crippen LogP contribution is 2.26. The Morgan fingerprint density at radius 1 is 1.20 bits per heavy atom. The van der Waals surface area contributed by atoms with E-state index in [-0.39, 0.29) is 17.0 Å². The molecule has 0 saturated heterocycles. The molecule has 0 unspecified atom stereocenters. The van der Waals surface area contributed by atoms with Gasteiger partial charge in [-0.2, -0.15) is 0 Å². The molecule has 0 radical (unpaired) electrons. The maximum atomic E-state index is 12.9. The second-order valence-electron chi connectivity index (χ2n) is 4.43. The number of carbonyl (C=O) groups excluding carboxylic acids is 1. The summed E-state index contributed by atoms with van der Waals surface area (Å²) in [5, 5.41) is 0. The van der Waals surface area contributed by atoms with Gasteiger partial charge in [-0.1, -0.05) is 20.8 Å². The first-order valence-electron chi connectivity index (χ1n) is 4.53. The van der Waals surface area contributed by atoms with Crippen LogP contribution >= 0.6 is 0 Å². The van der Waals surface area contributed by atoms with Crippen LogP contribution in [0.5, 0.6) is 0 Å². The van der Waals surface area contributed by atoms with Gasteiger partial charge < -0.3 is 5.73 Å². The Morgan fingerprint density at radius 2 is 1.67 bits per heavy atom. The predicted molar refractivity (Wildman–Crippen MR) is 54.6 cm³/mol. The zero-order valence-electron chi connectivity index (χ0n) is 8.90. The lowest BCUT2D eigenvalue weighted by molar-refractivity contribution is 0.0858. The molecular formula is C11H13F2NO. The molecule has 0 heterocycles. The maximum Gasteiger partial charge on any atom is 0.170 e. The van der Waals surface area contributed by atoms with E-state index in [0.29, 0.717) is 0 Å². The molecular weight excluding hydrogens is 200 g/mol. The number of Topliss-reactive ketones (excluding diaryl/α,β-unsaturated/α-hetero) is 1. The summed E-state index contributed by atoms with van der Waals surface area (Å²) in [4.78, 5) is 11.8. The second kappa shape index (κ2) is 3.61. The number of anilines is 1. The fourth-order valence-electron chi connectivity index (χ4n) is 1.16. The average Bonchev–Trinajstić information content (AvgIpc) is 2.08. The lowest BCUT2D eigenvalue weighted by Crippen LogP contribution is -2.21. The van der Waals surface area contributed by atoms with Crippen LogP contribution < -0.4 is 5.73 Å². The molecule has 2 nitrogen and oxygen atoms in total. The lowest BCUT2D eigenvalue weighted by atomic mass is 9.86. The third-order valence-corrected chi connectivity index (χ3v) is 2.02. The highest BCUT2D eigenvalue weighted by atomic mass is 19.2. The number of hydrogen-bond donors (Lipinski definition) is 1. The van der Waals surface area contributed by atoms with Crippen LogP contribution in [0.1, 0.15) is 31.1 Å². The van der Waals surface area contributed by atoms with Crippen molar-refractivity contribution in [1.82, 2.24) is 0 Å². The molecule has 0 atom stereocenters. The summed E-state index contributed by atoms with van der Waals surface area (Å²) in [6.45, 7) is 5.07. The topological polar surface area (TPSA) is 43.1 Å². The smallest absolute Gasteiger partial charge is 0.170 e. The third-order valence-electron chi connectivity index (χ3n) is 2.02. The molecule has 4 heteroatoms. The van der Waals surface area contributed by atoms with Gasteiger partial charge in [0.25, 0.3) is 0 Å². The Morgan fingerprint density at radius 3 is 2.13 bits per heavy atom. The van der Waals surface area contributed by atoms with Crippen molar-refractivity contribution in [2.75, 3.05) is 5.73 Å². The number of benzene rings is 1. The van der Waals surface area contributed by atoms with Gasteiger partial charge >= 0.3 is 0 Å². The molecule has 0 amide bonds. The molecule has 0 aliphatic carbocycles. The van der Waals surface area contributed by atoms with Crippen molar-refractivity contribution < 1.29 is 13.6 Å². The van der Waals surface area contributed by atoms with Crippen LogP contribution in [0.25, 0.3) is 0 Å². The highest BCUT2D eigenvalue weighted by Gasteiger charge is 2.25. The van der Waals surface area contributed by atoms with Gasteiger partial charge in [0, 0.05) is 22.7 Å². The van der Waals surface area contributed by atoms with Crippen molar-refractivity contribution in [3.63, 3.8) is 0 Å². The quantitative estimate of drug-likeness (QED) is 0.575. The van der Waals surface area contributed by atoms with Crippen LogP contribution in [0.2, 0.25) is 0 Å². The van der Waals surface area contributed by atoms with Gasteiger partial charge in [0.15, 0.2) is 17.4 Å². The van der Waals surface area contributed by atoms with E-state index in [9.17, 15) is 13.6 Å². The molecule has 0 bridgehead atoms. The molecule has 82 valence electrons. The molecule has 0 aliphatic heterocycles. The number of halogens is 2. The van der Waals surface area contributed by atoms with Gasteiger partial charge in [-0.25, -0.2) is 8.78 Å². The van der Waals surface area contributed by atoms with Crippen LogP contribution in [0.15, 0.2) is 12.1 Å². The molecule has 0 fully saturated rings.